The number of rotatable bonds is 1. The highest BCUT2D eigenvalue weighted by molar-refractivity contribution is 5.94. The fraction of sp³-hybridized carbons (Fsp3) is 0.448. The van der Waals surface area contributed by atoms with Gasteiger partial charge in [0.2, 0.25) is 0 Å². The van der Waals surface area contributed by atoms with E-state index in [4.69, 9.17) is 0 Å². The van der Waals surface area contributed by atoms with E-state index in [2.05, 4.69) is 94.1 Å². The fourth-order valence-corrected chi connectivity index (χ4v) is 6.39. The summed E-state index contributed by atoms with van der Waals surface area (Å²) in [4.78, 5) is 2.83. The molecule has 0 saturated heterocycles. The van der Waals surface area contributed by atoms with Crippen LogP contribution in [0, 0.1) is 6.92 Å². The quantitative estimate of drug-likeness (QED) is 0.400. The van der Waals surface area contributed by atoms with Crippen molar-refractivity contribution in [3.8, 4) is 0 Å². The van der Waals surface area contributed by atoms with Gasteiger partial charge in [0, 0.05) is 5.69 Å². The van der Waals surface area contributed by atoms with Crippen LogP contribution in [0.1, 0.15) is 88.1 Å². The van der Waals surface area contributed by atoms with Gasteiger partial charge in [-0.15, -0.1) is 0 Å². The van der Waals surface area contributed by atoms with Crippen LogP contribution >= 0.6 is 0 Å². The average Bonchev–Trinajstić information content (AvgIpc) is 2.97. The molecular weight excluding hydrogens is 362 g/mol. The molecule has 3 aromatic rings. The van der Waals surface area contributed by atoms with Gasteiger partial charge in [0.25, 0.3) is 0 Å². The van der Waals surface area contributed by atoms with Crippen molar-refractivity contribution >= 4 is 16.5 Å². The Morgan fingerprint density at radius 2 is 1.50 bits per heavy atom. The Balaban J connectivity index is 1.80. The van der Waals surface area contributed by atoms with E-state index in [1.54, 1.807) is 5.56 Å². The fourth-order valence-electron chi connectivity index (χ4n) is 6.39. The third-order valence-corrected chi connectivity index (χ3v) is 7.80. The highest BCUT2D eigenvalue weighted by Gasteiger charge is 2.49. The first-order valence-electron chi connectivity index (χ1n) is 11.8. The lowest BCUT2D eigenvalue weighted by molar-refractivity contribution is 0.284. The molecule has 1 heterocycles. The molecule has 0 unspecified atom stereocenters. The summed E-state index contributed by atoms with van der Waals surface area (Å²) >= 11 is 0. The Labute approximate surface area is 182 Å². The standard InChI is InChI=1S/C29H35N/c1-20-22-13-7-8-15-24(22)26(28(3,4)5)19-27(20)30-21(2)23-14-9-10-16-25(23)29(30)17-11-6-12-18-29/h7-10,13-16,19,21H,6,11-12,17-18H2,1-5H3/t21-/m0/s1. The Morgan fingerprint density at radius 1 is 0.867 bits per heavy atom. The van der Waals surface area contributed by atoms with E-state index in [-0.39, 0.29) is 11.0 Å². The molecule has 5 rings (SSSR count). The zero-order valence-corrected chi connectivity index (χ0v) is 19.3. The molecule has 3 aromatic carbocycles. The number of aryl methyl sites for hydroxylation is 1. The first kappa shape index (κ1) is 19.7. The van der Waals surface area contributed by atoms with Crippen LogP contribution in [0.2, 0.25) is 0 Å². The molecule has 1 aliphatic carbocycles. The molecule has 30 heavy (non-hydrogen) atoms. The van der Waals surface area contributed by atoms with Crippen molar-refractivity contribution < 1.29 is 0 Å². The van der Waals surface area contributed by atoms with Crippen molar-refractivity contribution in [1.82, 2.24) is 0 Å². The normalized spacial score (nSPS) is 20.7. The number of benzene rings is 3. The van der Waals surface area contributed by atoms with Gasteiger partial charge in [0.15, 0.2) is 0 Å². The topological polar surface area (TPSA) is 3.24 Å². The summed E-state index contributed by atoms with van der Waals surface area (Å²) in [7, 11) is 0. The van der Waals surface area contributed by atoms with Gasteiger partial charge < -0.3 is 4.90 Å². The van der Waals surface area contributed by atoms with Crippen molar-refractivity contribution in [2.75, 3.05) is 4.90 Å². The minimum atomic E-state index is 0.109. The predicted octanol–water partition coefficient (Wildman–Crippen LogP) is 8.19. The molecule has 1 nitrogen and oxygen atoms in total. The average molecular weight is 398 g/mol. The van der Waals surface area contributed by atoms with Gasteiger partial charge in [0.1, 0.15) is 0 Å². The summed E-state index contributed by atoms with van der Waals surface area (Å²) in [6.07, 6.45) is 6.57. The smallest absolute Gasteiger partial charge is 0.0663 e. The van der Waals surface area contributed by atoms with Crippen LogP contribution in [-0.2, 0) is 11.0 Å². The second kappa shape index (κ2) is 6.87. The second-order valence-electron chi connectivity index (χ2n) is 10.6. The maximum Gasteiger partial charge on any atom is 0.0663 e. The van der Waals surface area contributed by atoms with Crippen LogP contribution in [0.3, 0.4) is 0 Å². The lowest BCUT2D eigenvalue weighted by atomic mass is 9.75. The Hall–Kier alpha value is -2.28. The number of hydrogen-bond donors (Lipinski definition) is 0. The third-order valence-electron chi connectivity index (χ3n) is 7.80. The lowest BCUT2D eigenvalue weighted by Crippen LogP contribution is -2.44. The summed E-state index contributed by atoms with van der Waals surface area (Å²) in [5, 5.41) is 2.82. The van der Waals surface area contributed by atoms with E-state index in [0.717, 1.165) is 0 Å². The zero-order chi connectivity index (χ0) is 21.1. The van der Waals surface area contributed by atoms with Crippen LogP contribution in [0.4, 0.5) is 5.69 Å². The second-order valence-corrected chi connectivity index (χ2v) is 10.6. The number of hydrogen-bond acceptors (Lipinski definition) is 1. The third kappa shape index (κ3) is 2.74. The van der Waals surface area contributed by atoms with E-state index in [9.17, 15) is 0 Å². The summed E-state index contributed by atoms with van der Waals surface area (Å²) in [5.41, 5.74) is 7.72. The van der Waals surface area contributed by atoms with Crippen LogP contribution in [0.15, 0.2) is 54.6 Å². The number of fused-ring (bicyclic) bond motifs is 3. The van der Waals surface area contributed by atoms with Crippen molar-refractivity contribution in [2.45, 2.75) is 83.7 Å². The van der Waals surface area contributed by atoms with E-state index in [1.165, 1.54) is 65.3 Å². The van der Waals surface area contributed by atoms with Gasteiger partial charge in [-0.25, -0.2) is 0 Å². The van der Waals surface area contributed by atoms with E-state index in [1.807, 2.05) is 0 Å². The lowest BCUT2D eigenvalue weighted by Gasteiger charge is -2.46. The SMILES string of the molecule is Cc1c(N2[C@@H](C)c3ccccc3C23CCCCC3)cc(C(C)(C)C)c2ccccc12. The van der Waals surface area contributed by atoms with Gasteiger partial charge in [-0.1, -0.05) is 88.6 Å². The van der Waals surface area contributed by atoms with Crippen LogP contribution < -0.4 is 4.90 Å². The number of nitrogens with zero attached hydrogens (tertiary/aromatic N) is 1. The van der Waals surface area contributed by atoms with E-state index < -0.39 is 0 Å². The molecule has 1 heteroatoms. The van der Waals surface area contributed by atoms with Gasteiger partial charge in [0.05, 0.1) is 11.6 Å². The van der Waals surface area contributed by atoms with Crippen molar-refractivity contribution in [2.24, 2.45) is 0 Å². The van der Waals surface area contributed by atoms with Gasteiger partial charge in [-0.3, -0.25) is 0 Å². The highest BCUT2D eigenvalue weighted by atomic mass is 15.3. The summed E-state index contributed by atoms with van der Waals surface area (Å²) < 4.78 is 0. The highest BCUT2D eigenvalue weighted by Crippen LogP contribution is 2.56. The van der Waals surface area contributed by atoms with Crippen LogP contribution in [-0.4, -0.2) is 0 Å². The van der Waals surface area contributed by atoms with E-state index in [0.29, 0.717) is 6.04 Å². The van der Waals surface area contributed by atoms with Crippen LogP contribution in [0.25, 0.3) is 10.8 Å². The molecule has 1 saturated carbocycles. The van der Waals surface area contributed by atoms with Crippen molar-refractivity contribution in [1.29, 1.82) is 0 Å². The van der Waals surface area contributed by atoms with Crippen molar-refractivity contribution in [3.63, 3.8) is 0 Å². The van der Waals surface area contributed by atoms with Gasteiger partial charge in [-0.2, -0.15) is 0 Å². The Morgan fingerprint density at radius 3 is 2.20 bits per heavy atom. The van der Waals surface area contributed by atoms with E-state index >= 15 is 0 Å². The molecule has 156 valence electrons. The molecule has 1 fully saturated rings. The summed E-state index contributed by atoms with van der Waals surface area (Å²) in [5.74, 6) is 0. The molecule has 1 spiro atoms. The van der Waals surface area contributed by atoms with Crippen molar-refractivity contribution in [3.05, 3.63) is 76.9 Å². The number of anilines is 1. The maximum atomic E-state index is 2.83. The van der Waals surface area contributed by atoms with Gasteiger partial charge >= 0.3 is 0 Å². The summed E-state index contributed by atoms with van der Waals surface area (Å²) in [6, 6.07) is 21.2. The monoisotopic (exact) mass is 397 g/mol. The zero-order valence-electron chi connectivity index (χ0n) is 19.3. The molecule has 0 radical (unpaired) electrons. The molecule has 0 bridgehead atoms. The molecular formula is C29H35N. The molecule has 0 N–H and O–H groups in total. The Kier molecular flexibility index (Phi) is 4.51. The summed E-state index contributed by atoms with van der Waals surface area (Å²) in [6.45, 7) is 11.8. The molecule has 2 aliphatic rings. The molecule has 1 atom stereocenters. The molecule has 1 aliphatic heterocycles. The Bertz CT molecular complexity index is 1100. The van der Waals surface area contributed by atoms with Gasteiger partial charge in [-0.05, 0) is 71.2 Å². The first-order valence-corrected chi connectivity index (χ1v) is 11.8. The van der Waals surface area contributed by atoms with Crippen LogP contribution in [0.5, 0.6) is 0 Å². The first-order chi connectivity index (χ1) is 14.3. The predicted molar refractivity (Wildman–Crippen MR) is 129 cm³/mol. The largest absolute Gasteiger partial charge is 0.355 e. The molecule has 0 aromatic heterocycles. The maximum absolute atomic E-state index is 2.83. The molecule has 0 amide bonds. The minimum Gasteiger partial charge on any atom is -0.355 e. The minimum absolute atomic E-state index is 0.109.